The van der Waals surface area contributed by atoms with E-state index < -0.39 is 0 Å². The summed E-state index contributed by atoms with van der Waals surface area (Å²) < 4.78 is 5.27. The fraction of sp³-hybridized carbons (Fsp3) is 0.250. The molecule has 2 aromatic heterocycles. The third kappa shape index (κ3) is 4.69. The Labute approximate surface area is 153 Å². The Morgan fingerprint density at radius 3 is 2.65 bits per heavy atom. The van der Waals surface area contributed by atoms with Crippen LogP contribution in [0.15, 0.2) is 54.9 Å². The van der Waals surface area contributed by atoms with E-state index in [0.29, 0.717) is 5.95 Å². The summed E-state index contributed by atoms with van der Waals surface area (Å²) in [6.07, 6.45) is 4.54. The van der Waals surface area contributed by atoms with Crippen molar-refractivity contribution in [2.75, 3.05) is 30.9 Å². The normalized spacial score (nSPS) is 10.4. The van der Waals surface area contributed by atoms with Crippen molar-refractivity contribution >= 4 is 17.5 Å². The largest absolute Gasteiger partial charge is 0.497 e. The van der Waals surface area contributed by atoms with Gasteiger partial charge in [0.05, 0.1) is 7.11 Å². The molecular formula is C20H23N5O. The summed E-state index contributed by atoms with van der Waals surface area (Å²) in [6.45, 7) is 2.80. The minimum absolute atomic E-state index is 0.699. The lowest BCUT2D eigenvalue weighted by Crippen LogP contribution is -2.23. The maximum atomic E-state index is 5.27. The second kappa shape index (κ2) is 8.29. The van der Waals surface area contributed by atoms with Gasteiger partial charge in [0, 0.05) is 49.5 Å². The third-order valence-corrected chi connectivity index (χ3v) is 4.01. The molecule has 0 fully saturated rings. The number of benzene rings is 1. The lowest BCUT2D eigenvalue weighted by atomic mass is 10.2. The topological polar surface area (TPSA) is 63.2 Å². The monoisotopic (exact) mass is 349 g/mol. The second-order valence-electron chi connectivity index (χ2n) is 6.08. The molecule has 3 rings (SSSR count). The zero-order valence-corrected chi connectivity index (χ0v) is 15.3. The Balaban J connectivity index is 1.72. The Hall–Kier alpha value is -3.15. The Morgan fingerprint density at radius 2 is 1.88 bits per heavy atom. The third-order valence-electron chi connectivity index (χ3n) is 4.01. The maximum absolute atomic E-state index is 5.27. The van der Waals surface area contributed by atoms with Crippen molar-refractivity contribution in [1.82, 2.24) is 15.0 Å². The molecule has 0 saturated carbocycles. The summed E-state index contributed by atoms with van der Waals surface area (Å²) in [6, 6.07) is 13.8. The van der Waals surface area contributed by atoms with Crippen LogP contribution in [0.5, 0.6) is 5.75 Å². The van der Waals surface area contributed by atoms with E-state index in [1.54, 1.807) is 7.11 Å². The summed E-state index contributed by atoms with van der Waals surface area (Å²) in [4.78, 5) is 15.3. The van der Waals surface area contributed by atoms with E-state index in [0.717, 1.165) is 35.9 Å². The van der Waals surface area contributed by atoms with Crippen LogP contribution in [0.4, 0.5) is 17.5 Å². The summed E-state index contributed by atoms with van der Waals surface area (Å²) in [5.74, 6) is 2.26. The van der Waals surface area contributed by atoms with E-state index in [2.05, 4.69) is 25.2 Å². The number of ether oxygens (including phenoxy) is 1. The fourth-order valence-electron chi connectivity index (χ4n) is 2.58. The standard InChI is InChI=1S/C20H23N5O/c1-15-13-19(23-17-5-4-6-18(14-17)26-3)24-20(22-15)25(2)12-9-16-7-10-21-11-8-16/h4-8,10-11,13-14H,9,12H2,1-3H3,(H,22,23,24). The summed E-state index contributed by atoms with van der Waals surface area (Å²) in [5.41, 5.74) is 3.08. The molecule has 26 heavy (non-hydrogen) atoms. The first-order valence-corrected chi connectivity index (χ1v) is 8.51. The molecule has 0 aliphatic rings. The summed E-state index contributed by atoms with van der Waals surface area (Å²) in [5, 5.41) is 3.32. The van der Waals surface area contributed by atoms with Crippen molar-refractivity contribution in [2.24, 2.45) is 0 Å². The number of rotatable bonds is 7. The van der Waals surface area contributed by atoms with Crippen LogP contribution in [0.25, 0.3) is 0 Å². The average molecular weight is 349 g/mol. The molecule has 0 amide bonds. The molecule has 0 aliphatic carbocycles. The Kier molecular flexibility index (Phi) is 5.63. The fourth-order valence-corrected chi connectivity index (χ4v) is 2.58. The molecule has 0 bridgehead atoms. The van der Waals surface area contributed by atoms with Crippen LogP contribution in [0, 0.1) is 6.92 Å². The van der Waals surface area contributed by atoms with Crippen LogP contribution < -0.4 is 15.0 Å². The summed E-state index contributed by atoms with van der Waals surface area (Å²) in [7, 11) is 3.66. The van der Waals surface area contributed by atoms with Crippen LogP contribution in [0.2, 0.25) is 0 Å². The zero-order chi connectivity index (χ0) is 18.4. The van der Waals surface area contributed by atoms with Gasteiger partial charge in [-0.2, -0.15) is 4.98 Å². The highest BCUT2D eigenvalue weighted by Crippen LogP contribution is 2.22. The van der Waals surface area contributed by atoms with Crippen molar-refractivity contribution in [2.45, 2.75) is 13.3 Å². The van der Waals surface area contributed by atoms with Crippen LogP contribution in [0.1, 0.15) is 11.3 Å². The van der Waals surface area contributed by atoms with Crippen molar-refractivity contribution in [3.05, 3.63) is 66.1 Å². The van der Waals surface area contributed by atoms with Gasteiger partial charge in [-0.15, -0.1) is 0 Å². The molecule has 0 radical (unpaired) electrons. The molecule has 0 unspecified atom stereocenters. The van der Waals surface area contributed by atoms with Crippen LogP contribution >= 0.6 is 0 Å². The number of anilines is 3. The predicted octanol–water partition coefficient (Wildman–Crippen LogP) is 3.61. The molecular weight excluding hydrogens is 326 g/mol. The van der Waals surface area contributed by atoms with Crippen molar-refractivity contribution in [3.8, 4) is 5.75 Å². The molecule has 1 N–H and O–H groups in total. The van der Waals surface area contributed by atoms with Crippen LogP contribution in [-0.4, -0.2) is 35.7 Å². The van der Waals surface area contributed by atoms with Gasteiger partial charge in [0.25, 0.3) is 0 Å². The molecule has 0 saturated heterocycles. The number of nitrogens with zero attached hydrogens (tertiary/aromatic N) is 4. The molecule has 0 atom stereocenters. The molecule has 6 nitrogen and oxygen atoms in total. The molecule has 0 aliphatic heterocycles. The molecule has 0 spiro atoms. The second-order valence-corrected chi connectivity index (χ2v) is 6.08. The first-order chi connectivity index (χ1) is 12.6. The minimum Gasteiger partial charge on any atom is -0.497 e. The van der Waals surface area contributed by atoms with E-state index in [1.165, 1.54) is 5.56 Å². The van der Waals surface area contributed by atoms with E-state index >= 15 is 0 Å². The summed E-state index contributed by atoms with van der Waals surface area (Å²) >= 11 is 0. The zero-order valence-electron chi connectivity index (χ0n) is 15.3. The number of nitrogens with one attached hydrogen (secondary N) is 1. The van der Waals surface area contributed by atoms with E-state index in [1.807, 2.05) is 68.8 Å². The van der Waals surface area contributed by atoms with Gasteiger partial charge in [0.2, 0.25) is 5.95 Å². The van der Waals surface area contributed by atoms with Gasteiger partial charge in [0.1, 0.15) is 11.6 Å². The Morgan fingerprint density at radius 1 is 1.08 bits per heavy atom. The van der Waals surface area contributed by atoms with Gasteiger partial charge in [0.15, 0.2) is 0 Å². The van der Waals surface area contributed by atoms with Gasteiger partial charge in [-0.3, -0.25) is 4.98 Å². The number of hydrogen-bond donors (Lipinski definition) is 1. The van der Waals surface area contributed by atoms with Crippen LogP contribution in [0.3, 0.4) is 0 Å². The SMILES string of the molecule is COc1cccc(Nc2cc(C)nc(N(C)CCc3ccncc3)n2)c1. The highest BCUT2D eigenvalue weighted by Gasteiger charge is 2.08. The smallest absolute Gasteiger partial charge is 0.227 e. The number of likely N-dealkylation sites (N-methyl/N-ethyl adjacent to an activating group) is 1. The van der Waals surface area contributed by atoms with Gasteiger partial charge in [-0.25, -0.2) is 4.98 Å². The molecule has 2 heterocycles. The molecule has 6 heteroatoms. The quantitative estimate of drug-likeness (QED) is 0.703. The maximum Gasteiger partial charge on any atom is 0.227 e. The van der Waals surface area contributed by atoms with Crippen molar-refractivity contribution in [3.63, 3.8) is 0 Å². The lowest BCUT2D eigenvalue weighted by Gasteiger charge is -2.18. The Bertz CT molecular complexity index is 854. The van der Waals surface area contributed by atoms with E-state index in [-0.39, 0.29) is 0 Å². The van der Waals surface area contributed by atoms with Gasteiger partial charge in [-0.05, 0) is 43.2 Å². The molecule has 1 aromatic carbocycles. The number of aromatic nitrogens is 3. The van der Waals surface area contributed by atoms with Crippen molar-refractivity contribution < 1.29 is 4.74 Å². The van der Waals surface area contributed by atoms with E-state index in [9.17, 15) is 0 Å². The highest BCUT2D eigenvalue weighted by atomic mass is 16.5. The first kappa shape index (κ1) is 17.7. The number of hydrogen-bond acceptors (Lipinski definition) is 6. The average Bonchev–Trinajstić information content (AvgIpc) is 2.66. The van der Waals surface area contributed by atoms with Gasteiger partial charge in [-0.1, -0.05) is 6.07 Å². The first-order valence-electron chi connectivity index (χ1n) is 8.51. The predicted molar refractivity (Wildman–Crippen MR) is 104 cm³/mol. The van der Waals surface area contributed by atoms with Gasteiger partial charge >= 0.3 is 0 Å². The van der Waals surface area contributed by atoms with Crippen molar-refractivity contribution in [1.29, 1.82) is 0 Å². The molecule has 3 aromatic rings. The van der Waals surface area contributed by atoms with Crippen LogP contribution in [-0.2, 0) is 6.42 Å². The lowest BCUT2D eigenvalue weighted by molar-refractivity contribution is 0.415. The number of aryl methyl sites for hydroxylation is 1. The molecule has 134 valence electrons. The number of pyridine rings is 1. The highest BCUT2D eigenvalue weighted by molar-refractivity contribution is 5.59. The van der Waals surface area contributed by atoms with E-state index in [4.69, 9.17) is 4.74 Å². The minimum atomic E-state index is 0.699. The van der Waals surface area contributed by atoms with Gasteiger partial charge < -0.3 is 15.0 Å². The number of methoxy groups -OCH3 is 1.